The van der Waals surface area contributed by atoms with Crippen LogP contribution in [0.1, 0.15) is 117 Å². The zero-order valence-corrected chi connectivity index (χ0v) is 20.2. The average molecular weight is 381 g/mol. The van der Waals surface area contributed by atoms with Crippen molar-refractivity contribution in [1.29, 1.82) is 0 Å². The van der Waals surface area contributed by atoms with Gasteiger partial charge >= 0.3 is 0 Å². The first-order chi connectivity index (χ1) is 13.0. The van der Waals surface area contributed by atoms with Crippen molar-refractivity contribution in [3.8, 4) is 0 Å². The van der Waals surface area contributed by atoms with Crippen molar-refractivity contribution in [2.45, 2.75) is 120 Å². The summed E-state index contributed by atoms with van der Waals surface area (Å²) in [4.78, 5) is 0. The first kappa shape index (κ1) is 30.9. The molecule has 1 aromatic carbocycles. The Morgan fingerprint density at radius 3 is 1.04 bits per heavy atom. The van der Waals surface area contributed by atoms with Gasteiger partial charge in [-0.25, -0.2) is 0 Å². The van der Waals surface area contributed by atoms with E-state index in [1.165, 1.54) is 62.5 Å². The number of aryl methyl sites for hydroxylation is 2. The van der Waals surface area contributed by atoms with Gasteiger partial charge in [-0.15, -0.1) is 0 Å². The molecular weight excluding hydrogens is 328 g/mol. The van der Waals surface area contributed by atoms with E-state index in [0.29, 0.717) is 0 Å². The van der Waals surface area contributed by atoms with Gasteiger partial charge in [0.2, 0.25) is 0 Å². The van der Waals surface area contributed by atoms with Crippen molar-refractivity contribution < 1.29 is 4.74 Å². The average Bonchev–Trinajstić information content (AvgIpc) is 2.69. The molecule has 1 aromatic rings. The number of hydrogen-bond donors (Lipinski definition) is 0. The predicted molar refractivity (Wildman–Crippen MR) is 127 cm³/mol. The summed E-state index contributed by atoms with van der Waals surface area (Å²) in [6.45, 7) is 19.2. The summed E-state index contributed by atoms with van der Waals surface area (Å²) in [5.41, 5.74) is 2.66. The van der Waals surface area contributed by atoms with Crippen LogP contribution in [-0.4, -0.2) is 13.2 Å². The minimum absolute atomic E-state index is 0.924. The molecule has 27 heavy (non-hydrogen) atoms. The van der Waals surface area contributed by atoms with Crippen LogP contribution >= 0.6 is 0 Å². The molecule has 0 aromatic heterocycles. The van der Waals surface area contributed by atoms with E-state index in [1.807, 2.05) is 0 Å². The second kappa shape index (κ2) is 29.9. The van der Waals surface area contributed by atoms with Gasteiger partial charge in [0, 0.05) is 13.2 Å². The van der Waals surface area contributed by atoms with Crippen molar-refractivity contribution in [2.24, 2.45) is 0 Å². The number of hydrogen-bond acceptors (Lipinski definition) is 1. The third kappa shape index (κ3) is 36.8. The summed E-state index contributed by atoms with van der Waals surface area (Å²) in [5, 5.41) is 0. The largest absolute Gasteiger partial charge is 0.381 e. The highest BCUT2D eigenvalue weighted by atomic mass is 16.5. The van der Waals surface area contributed by atoms with E-state index < -0.39 is 0 Å². The van der Waals surface area contributed by atoms with E-state index in [4.69, 9.17) is 4.74 Å². The number of rotatable bonds is 10. The third-order valence-corrected chi connectivity index (χ3v) is 3.87. The van der Waals surface area contributed by atoms with E-state index in [9.17, 15) is 0 Å². The molecule has 0 bridgehead atoms. The summed E-state index contributed by atoms with van der Waals surface area (Å²) in [7, 11) is 0. The fourth-order valence-electron chi connectivity index (χ4n) is 1.88. The Morgan fingerprint density at radius 1 is 0.481 bits per heavy atom. The van der Waals surface area contributed by atoms with Crippen LogP contribution < -0.4 is 0 Å². The van der Waals surface area contributed by atoms with Crippen molar-refractivity contribution >= 4 is 0 Å². The molecule has 162 valence electrons. The minimum Gasteiger partial charge on any atom is -0.381 e. The zero-order chi connectivity index (χ0) is 21.2. The lowest BCUT2D eigenvalue weighted by Crippen LogP contribution is -1.92. The molecule has 0 fully saturated rings. The molecule has 0 aliphatic rings. The Hall–Kier alpha value is -0.820. The van der Waals surface area contributed by atoms with Gasteiger partial charge in [-0.2, -0.15) is 0 Å². The molecule has 1 rings (SSSR count). The van der Waals surface area contributed by atoms with E-state index in [2.05, 4.69) is 79.7 Å². The van der Waals surface area contributed by atoms with Crippen molar-refractivity contribution in [3.63, 3.8) is 0 Å². The highest BCUT2D eigenvalue weighted by Gasteiger charge is 1.83. The van der Waals surface area contributed by atoms with Gasteiger partial charge in [0.25, 0.3) is 0 Å². The van der Waals surface area contributed by atoms with E-state index in [0.717, 1.165) is 26.1 Å². The van der Waals surface area contributed by atoms with Gasteiger partial charge in [-0.05, 0) is 26.7 Å². The maximum Gasteiger partial charge on any atom is 0.0463 e. The van der Waals surface area contributed by atoms with Gasteiger partial charge in [0.1, 0.15) is 0 Å². The molecule has 0 spiro atoms. The van der Waals surface area contributed by atoms with E-state index >= 15 is 0 Å². The monoisotopic (exact) mass is 380 g/mol. The Bertz CT molecular complexity index is 296. The summed E-state index contributed by atoms with van der Waals surface area (Å²) in [6.07, 6.45) is 13.4. The third-order valence-electron chi connectivity index (χ3n) is 3.87. The molecule has 0 radical (unpaired) electrons. The molecule has 1 heteroatoms. The molecule has 0 unspecified atom stereocenters. The Kier molecular flexibility index (Phi) is 34.2. The molecule has 0 amide bonds. The number of ether oxygens (including phenoxy) is 1. The van der Waals surface area contributed by atoms with Crippen molar-refractivity contribution in [3.05, 3.63) is 35.4 Å². The van der Waals surface area contributed by atoms with Crippen LogP contribution in [0.25, 0.3) is 0 Å². The standard InChI is InChI=1S/C8H10.C8H18.C6H14O.C4H10/c1-7-3-5-8(2)6-4-7;1-3-5-7-8-6-4-2;1-3-5-7-6-4-2;1-3-4-2/h3-6H,1-2H3;3-8H2,1-2H3;3-6H2,1-2H3;3-4H2,1-2H3. The SMILES string of the molecule is CCCC.CCCCCCCC.CCCOCCC.Cc1ccc(C)cc1. The van der Waals surface area contributed by atoms with Crippen LogP contribution in [-0.2, 0) is 4.74 Å². The molecule has 0 saturated carbocycles. The lowest BCUT2D eigenvalue weighted by Gasteiger charge is -1.95. The zero-order valence-electron chi connectivity index (χ0n) is 20.2. The molecule has 0 heterocycles. The molecule has 1 nitrogen and oxygen atoms in total. The number of unbranched alkanes of at least 4 members (excludes halogenated alkanes) is 6. The van der Waals surface area contributed by atoms with E-state index in [1.54, 1.807) is 0 Å². The highest BCUT2D eigenvalue weighted by Crippen LogP contribution is 2.03. The highest BCUT2D eigenvalue weighted by molar-refractivity contribution is 5.19. The van der Waals surface area contributed by atoms with Gasteiger partial charge in [-0.1, -0.05) is 128 Å². The smallest absolute Gasteiger partial charge is 0.0463 e. The van der Waals surface area contributed by atoms with Gasteiger partial charge in [-0.3, -0.25) is 0 Å². The Balaban J connectivity index is -0.000000293. The molecule has 0 aliphatic carbocycles. The van der Waals surface area contributed by atoms with E-state index in [-0.39, 0.29) is 0 Å². The van der Waals surface area contributed by atoms with Crippen molar-refractivity contribution in [2.75, 3.05) is 13.2 Å². The second-order valence-corrected chi connectivity index (χ2v) is 7.18. The van der Waals surface area contributed by atoms with Crippen LogP contribution in [0.5, 0.6) is 0 Å². The van der Waals surface area contributed by atoms with Crippen LogP contribution in [0.3, 0.4) is 0 Å². The normalized spacial score (nSPS) is 9.19. The van der Waals surface area contributed by atoms with Crippen molar-refractivity contribution in [1.82, 2.24) is 0 Å². The molecule has 0 saturated heterocycles. The van der Waals surface area contributed by atoms with Crippen LogP contribution in [0.2, 0.25) is 0 Å². The van der Waals surface area contributed by atoms with Crippen LogP contribution in [0, 0.1) is 13.8 Å². The summed E-state index contributed by atoms with van der Waals surface area (Å²) in [6, 6.07) is 8.48. The minimum atomic E-state index is 0.924. The molecule has 0 N–H and O–H groups in total. The summed E-state index contributed by atoms with van der Waals surface area (Å²) >= 11 is 0. The fraction of sp³-hybridized carbons (Fsp3) is 0.769. The lowest BCUT2D eigenvalue weighted by atomic mass is 10.1. The fourth-order valence-corrected chi connectivity index (χ4v) is 1.88. The molecule has 0 aliphatic heterocycles. The topological polar surface area (TPSA) is 9.23 Å². The van der Waals surface area contributed by atoms with Gasteiger partial charge < -0.3 is 4.74 Å². The van der Waals surface area contributed by atoms with Crippen LogP contribution in [0.4, 0.5) is 0 Å². The maximum atomic E-state index is 5.13. The lowest BCUT2D eigenvalue weighted by molar-refractivity contribution is 0.135. The number of benzene rings is 1. The summed E-state index contributed by atoms with van der Waals surface area (Å²) < 4.78 is 5.13. The molecule has 0 atom stereocenters. The quantitative estimate of drug-likeness (QED) is 0.367. The Morgan fingerprint density at radius 2 is 0.815 bits per heavy atom. The second-order valence-electron chi connectivity index (χ2n) is 7.18. The molecular formula is C26H52O. The first-order valence-electron chi connectivity index (χ1n) is 11.6. The first-order valence-corrected chi connectivity index (χ1v) is 11.6. The maximum absolute atomic E-state index is 5.13. The van der Waals surface area contributed by atoms with Gasteiger partial charge in [0.05, 0.1) is 0 Å². The van der Waals surface area contributed by atoms with Crippen LogP contribution in [0.15, 0.2) is 24.3 Å². The predicted octanol–water partition coefficient (Wildman–Crippen LogP) is 9.30. The Labute approximate surface area is 173 Å². The van der Waals surface area contributed by atoms with Gasteiger partial charge in [0.15, 0.2) is 0 Å². The summed E-state index contributed by atoms with van der Waals surface area (Å²) in [5.74, 6) is 0.